The molecular formula is C20H28N4O6. The second-order valence-electron chi connectivity index (χ2n) is 8.22. The maximum absolute atomic E-state index is 12.9. The van der Waals surface area contributed by atoms with Gasteiger partial charge in [0.2, 0.25) is 11.6 Å². The number of nitrogens with zero attached hydrogens (tertiary/aromatic N) is 2. The van der Waals surface area contributed by atoms with Crippen molar-refractivity contribution >= 4 is 11.8 Å². The third kappa shape index (κ3) is 5.19. The molecule has 1 aromatic heterocycles. The molecule has 0 radical (unpaired) electrons. The van der Waals surface area contributed by atoms with Crippen molar-refractivity contribution in [3.63, 3.8) is 0 Å². The van der Waals surface area contributed by atoms with E-state index in [1.165, 1.54) is 26.4 Å². The molecule has 10 heteroatoms. The molecule has 0 unspecified atom stereocenters. The fourth-order valence-corrected chi connectivity index (χ4v) is 2.49. The number of carbonyl (C=O) groups is 2. The normalized spacial score (nSPS) is 11.7. The van der Waals surface area contributed by atoms with E-state index in [4.69, 9.17) is 24.5 Å². The average Bonchev–Trinajstić information content (AvgIpc) is 3.16. The minimum Gasteiger partial charge on any atom is -0.493 e. The summed E-state index contributed by atoms with van der Waals surface area (Å²) in [5.41, 5.74) is 4.15. The van der Waals surface area contributed by atoms with E-state index in [1.54, 1.807) is 13.8 Å². The quantitative estimate of drug-likeness (QED) is 0.660. The number of aromatic nitrogens is 2. The Kier molecular flexibility index (Phi) is 6.59. The highest BCUT2D eigenvalue weighted by Gasteiger charge is 2.32. The van der Waals surface area contributed by atoms with Crippen LogP contribution in [-0.2, 0) is 15.7 Å². The smallest absolute Gasteiger partial charge is 0.255 e. The molecule has 0 aliphatic heterocycles. The number of carbonyl (C=O) groups excluding carboxylic acids is 2. The number of hydrogen-bond donors (Lipinski definition) is 2. The predicted octanol–water partition coefficient (Wildman–Crippen LogP) is 1.91. The fourth-order valence-electron chi connectivity index (χ4n) is 2.49. The van der Waals surface area contributed by atoms with Gasteiger partial charge in [-0.25, -0.2) is 0 Å². The Morgan fingerprint density at radius 1 is 1.10 bits per heavy atom. The van der Waals surface area contributed by atoms with Gasteiger partial charge in [-0.2, -0.15) is 4.98 Å². The van der Waals surface area contributed by atoms with E-state index >= 15 is 0 Å². The van der Waals surface area contributed by atoms with E-state index in [0.29, 0.717) is 11.7 Å². The third-order valence-electron chi connectivity index (χ3n) is 4.13. The van der Waals surface area contributed by atoms with Crippen molar-refractivity contribution in [2.45, 2.75) is 45.6 Å². The lowest BCUT2D eigenvalue weighted by Gasteiger charge is -2.23. The Morgan fingerprint density at radius 3 is 2.10 bits per heavy atom. The summed E-state index contributed by atoms with van der Waals surface area (Å²) in [7, 11) is 2.82. The highest BCUT2D eigenvalue weighted by molar-refractivity contribution is 5.96. The van der Waals surface area contributed by atoms with Crippen molar-refractivity contribution in [2.75, 3.05) is 20.8 Å². The lowest BCUT2D eigenvalue weighted by atomic mass is 9.96. The van der Waals surface area contributed by atoms with Gasteiger partial charge in [-0.15, -0.1) is 0 Å². The van der Waals surface area contributed by atoms with Crippen LogP contribution in [0.15, 0.2) is 16.7 Å². The molecule has 3 N–H and O–H groups in total. The van der Waals surface area contributed by atoms with Gasteiger partial charge in [-0.1, -0.05) is 25.9 Å². The van der Waals surface area contributed by atoms with Crippen LogP contribution in [0.3, 0.4) is 0 Å². The average molecular weight is 420 g/mol. The van der Waals surface area contributed by atoms with Crippen LogP contribution in [0.2, 0.25) is 0 Å². The molecular weight excluding hydrogens is 392 g/mol. The lowest BCUT2D eigenvalue weighted by Crippen LogP contribution is -2.42. The highest BCUT2D eigenvalue weighted by Crippen LogP contribution is 2.38. The molecule has 1 aromatic carbocycles. The van der Waals surface area contributed by atoms with Crippen molar-refractivity contribution in [1.82, 2.24) is 15.5 Å². The van der Waals surface area contributed by atoms with Crippen molar-refractivity contribution in [3.8, 4) is 17.2 Å². The SMILES string of the molecule is COc1cc(C(=O)NC(C)(C)c2noc(C(C)(C)C)n2)cc(OC)c1OCC(N)=O. The van der Waals surface area contributed by atoms with Gasteiger partial charge in [0, 0.05) is 11.0 Å². The third-order valence-corrected chi connectivity index (χ3v) is 4.13. The number of primary amides is 1. The zero-order valence-corrected chi connectivity index (χ0v) is 18.3. The van der Waals surface area contributed by atoms with Gasteiger partial charge in [0.25, 0.3) is 11.8 Å². The van der Waals surface area contributed by atoms with Crippen LogP contribution in [0.5, 0.6) is 17.2 Å². The Balaban J connectivity index is 2.31. The van der Waals surface area contributed by atoms with E-state index in [2.05, 4.69) is 15.5 Å². The number of benzene rings is 1. The molecule has 0 aliphatic carbocycles. The second-order valence-corrected chi connectivity index (χ2v) is 8.22. The van der Waals surface area contributed by atoms with Gasteiger partial charge < -0.3 is 29.8 Å². The molecule has 2 amide bonds. The first-order valence-electron chi connectivity index (χ1n) is 9.23. The van der Waals surface area contributed by atoms with Crippen molar-refractivity contribution in [1.29, 1.82) is 0 Å². The van der Waals surface area contributed by atoms with Gasteiger partial charge in [0.1, 0.15) is 0 Å². The minimum atomic E-state index is -0.911. The maximum Gasteiger partial charge on any atom is 0.255 e. The first-order valence-corrected chi connectivity index (χ1v) is 9.23. The molecule has 0 aliphatic rings. The number of methoxy groups -OCH3 is 2. The molecule has 2 aromatic rings. The molecule has 30 heavy (non-hydrogen) atoms. The van der Waals surface area contributed by atoms with Crippen LogP contribution in [0.4, 0.5) is 0 Å². The molecule has 164 valence electrons. The zero-order valence-electron chi connectivity index (χ0n) is 18.3. The number of hydrogen-bond acceptors (Lipinski definition) is 8. The molecule has 2 rings (SSSR count). The summed E-state index contributed by atoms with van der Waals surface area (Å²) in [6.45, 7) is 9.03. The fraction of sp³-hybridized carbons (Fsp3) is 0.500. The molecule has 0 atom stereocenters. The van der Waals surface area contributed by atoms with E-state index in [1.807, 2.05) is 20.8 Å². The first-order chi connectivity index (χ1) is 13.9. The van der Waals surface area contributed by atoms with Gasteiger partial charge in [0.15, 0.2) is 23.9 Å². The van der Waals surface area contributed by atoms with E-state index in [0.717, 1.165) is 0 Å². The van der Waals surface area contributed by atoms with Crippen LogP contribution in [0.25, 0.3) is 0 Å². The second kappa shape index (κ2) is 8.60. The summed E-state index contributed by atoms with van der Waals surface area (Å²) in [5, 5.41) is 6.89. The number of nitrogens with one attached hydrogen (secondary N) is 1. The highest BCUT2D eigenvalue weighted by atomic mass is 16.5. The molecule has 0 saturated carbocycles. The maximum atomic E-state index is 12.9. The zero-order chi connectivity index (χ0) is 22.7. The molecule has 10 nitrogen and oxygen atoms in total. The van der Waals surface area contributed by atoms with Crippen LogP contribution in [0, 0.1) is 0 Å². The minimum absolute atomic E-state index is 0.169. The topological polar surface area (TPSA) is 139 Å². The molecule has 0 bridgehead atoms. The molecule has 0 fully saturated rings. The summed E-state index contributed by atoms with van der Waals surface area (Å²) < 4.78 is 21.3. The Bertz CT molecular complexity index is 905. The largest absolute Gasteiger partial charge is 0.493 e. The Hall–Kier alpha value is -3.30. The van der Waals surface area contributed by atoms with Gasteiger partial charge in [-0.3, -0.25) is 9.59 Å². The Labute approximate surface area is 175 Å². The summed E-state index contributed by atoms with van der Waals surface area (Å²) in [4.78, 5) is 28.4. The summed E-state index contributed by atoms with van der Waals surface area (Å²) in [5.74, 6) is 0.349. The molecule has 0 saturated heterocycles. The van der Waals surface area contributed by atoms with Crippen LogP contribution >= 0.6 is 0 Å². The van der Waals surface area contributed by atoms with Crippen LogP contribution in [0.1, 0.15) is 56.7 Å². The lowest BCUT2D eigenvalue weighted by molar-refractivity contribution is -0.120. The number of rotatable bonds is 8. The van der Waals surface area contributed by atoms with Crippen molar-refractivity contribution < 1.29 is 28.3 Å². The van der Waals surface area contributed by atoms with Gasteiger partial charge >= 0.3 is 0 Å². The van der Waals surface area contributed by atoms with Crippen molar-refractivity contribution in [2.24, 2.45) is 5.73 Å². The van der Waals surface area contributed by atoms with E-state index in [9.17, 15) is 9.59 Å². The summed E-state index contributed by atoms with van der Waals surface area (Å²) in [6, 6.07) is 2.95. The Morgan fingerprint density at radius 2 is 1.67 bits per heavy atom. The van der Waals surface area contributed by atoms with E-state index in [-0.39, 0.29) is 34.8 Å². The van der Waals surface area contributed by atoms with Crippen LogP contribution < -0.4 is 25.3 Å². The summed E-state index contributed by atoms with van der Waals surface area (Å²) in [6.07, 6.45) is 0. The first kappa shape index (κ1) is 23.0. The van der Waals surface area contributed by atoms with Gasteiger partial charge in [-0.05, 0) is 26.0 Å². The van der Waals surface area contributed by atoms with Gasteiger partial charge in [0.05, 0.1) is 19.8 Å². The molecule has 1 heterocycles. The molecule has 0 spiro atoms. The number of amides is 2. The predicted molar refractivity (Wildman–Crippen MR) is 108 cm³/mol. The van der Waals surface area contributed by atoms with E-state index < -0.39 is 17.4 Å². The summed E-state index contributed by atoms with van der Waals surface area (Å²) >= 11 is 0. The van der Waals surface area contributed by atoms with Crippen molar-refractivity contribution in [3.05, 3.63) is 29.4 Å². The standard InChI is InChI=1S/C20H28N4O6/c1-19(2,3)18-22-17(24-30-18)20(4,5)23-16(26)11-8-12(27-6)15(13(9-11)28-7)29-10-14(21)25/h8-9H,10H2,1-7H3,(H2,21,25)(H,23,26). The van der Waals surface area contributed by atoms with Crippen LogP contribution in [-0.4, -0.2) is 42.8 Å². The number of ether oxygens (including phenoxy) is 3. The number of nitrogens with two attached hydrogens (primary N) is 1. The monoisotopic (exact) mass is 420 g/mol.